The number of nitrogens with one attached hydrogen (secondary N) is 1. The predicted molar refractivity (Wildman–Crippen MR) is 105 cm³/mol. The molecule has 2 rings (SSSR count). The van der Waals surface area contributed by atoms with Gasteiger partial charge in [-0.2, -0.15) is 17.6 Å². The van der Waals surface area contributed by atoms with Crippen molar-refractivity contribution in [1.29, 1.82) is 0 Å². The second-order valence-corrected chi connectivity index (χ2v) is 7.88. The van der Waals surface area contributed by atoms with Crippen molar-refractivity contribution in [3.63, 3.8) is 0 Å². The van der Waals surface area contributed by atoms with E-state index in [1.807, 2.05) is 0 Å². The molecule has 31 heavy (non-hydrogen) atoms. The van der Waals surface area contributed by atoms with Crippen LogP contribution in [0.2, 0.25) is 0 Å². The summed E-state index contributed by atoms with van der Waals surface area (Å²) in [6, 6.07) is 12.0. The van der Waals surface area contributed by atoms with Gasteiger partial charge in [0.15, 0.2) is 0 Å². The first-order valence-electron chi connectivity index (χ1n) is 9.17. The van der Waals surface area contributed by atoms with E-state index in [0.717, 1.165) is 0 Å². The van der Waals surface area contributed by atoms with Crippen LogP contribution in [0.4, 0.5) is 17.6 Å². The second kappa shape index (κ2) is 11.8. The van der Waals surface area contributed by atoms with Crippen molar-refractivity contribution < 1.29 is 41.2 Å². The lowest BCUT2D eigenvalue weighted by atomic mass is 10.1. The summed E-state index contributed by atoms with van der Waals surface area (Å²) in [6.45, 7) is 0.534. The standard InChI is InChI=1S/C20H21F4NO5S/c21-19(22)20(23,24)30-16-7-3-14(4-8-16)15-5-9-17(10-6-15)31(28)13-12-29-11-1-2-18(26)25-27/h3-10,19,27H,1-2,11-13H2,(H,25,26). The van der Waals surface area contributed by atoms with E-state index in [9.17, 15) is 26.6 Å². The van der Waals surface area contributed by atoms with Gasteiger partial charge < -0.3 is 9.47 Å². The number of alkyl halides is 4. The Kier molecular flexibility index (Phi) is 9.41. The molecule has 0 saturated carbocycles. The fourth-order valence-electron chi connectivity index (χ4n) is 2.46. The molecule has 0 heterocycles. The Balaban J connectivity index is 1.84. The molecule has 11 heteroatoms. The first kappa shape index (κ1) is 24.8. The Morgan fingerprint density at radius 2 is 1.61 bits per heavy atom. The number of ether oxygens (including phenoxy) is 2. The fraction of sp³-hybridized carbons (Fsp3) is 0.350. The maximum atomic E-state index is 12.9. The SMILES string of the molecule is O=C(CCCOCCS(=O)c1ccc(-c2ccc(OC(F)(F)C(F)F)cc2)cc1)NO. The van der Waals surface area contributed by atoms with Gasteiger partial charge in [-0.25, -0.2) is 5.48 Å². The van der Waals surface area contributed by atoms with Crippen molar-refractivity contribution in [3.8, 4) is 16.9 Å². The Hall–Kier alpha value is -2.50. The molecule has 0 aromatic heterocycles. The third-order valence-electron chi connectivity index (χ3n) is 4.04. The van der Waals surface area contributed by atoms with Gasteiger partial charge in [0.25, 0.3) is 0 Å². The molecule has 0 aliphatic carbocycles. The molecule has 2 N–H and O–H groups in total. The van der Waals surface area contributed by atoms with Crippen LogP contribution in [0.3, 0.4) is 0 Å². The number of amides is 1. The van der Waals surface area contributed by atoms with Crippen LogP contribution >= 0.6 is 0 Å². The number of hydrogen-bond donors (Lipinski definition) is 2. The Morgan fingerprint density at radius 3 is 2.16 bits per heavy atom. The van der Waals surface area contributed by atoms with E-state index < -0.39 is 29.2 Å². The van der Waals surface area contributed by atoms with E-state index in [4.69, 9.17) is 9.94 Å². The van der Waals surface area contributed by atoms with E-state index in [0.29, 0.717) is 29.1 Å². The van der Waals surface area contributed by atoms with Gasteiger partial charge in [-0.1, -0.05) is 24.3 Å². The average molecular weight is 463 g/mol. The maximum Gasteiger partial charge on any atom is 0.461 e. The van der Waals surface area contributed by atoms with Gasteiger partial charge in [0.05, 0.1) is 23.2 Å². The summed E-state index contributed by atoms with van der Waals surface area (Å²) in [5.41, 5.74) is 2.87. The molecule has 170 valence electrons. The normalized spacial score (nSPS) is 12.6. The van der Waals surface area contributed by atoms with Gasteiger partial charge in [0, 0.05) is 17.9 Å². The summed E-state index contributed by atoms with van der Waals surface area (Å²) in [4.78, 5) is 11.4. The van der Waals surface area contributed by atoms with Crippen LogP contribution in [-0.2, 0) is 20.3 Å². The van der Waals surface area contributed by atoms with Crippen LogP contribution in [0.25, 0.3) is 11.1 Å². The van der Waals surface area contributed by atoms with E-state index in [-0.39, 0.29) is 24.5 Å². The second-order valence-electron chi connectivity index (χ2n) is 6.31. The maximum absolute atomic E-state index is 12.9. The molecule has 1 unspecified atom stereocenters. The molecule has 0 radical (unpaired) electrons. The molecule has 0 aliphatic rings. The van der Waals surface area contributed by atoms with Crippen molar-refractivity contribution >= 4 is 16.7 Å². The third-order valence-corrected chi connectivity index (χ3v) is 5.38. The Morgan fingerprint density at radius 1 is 1.03 bits per heavy atom. The summed E-state index contributed by atoms with van der Waals surface area (Å²) >= 11 is 0. The highest BCUT2D eigenvalue weighted by Gasteiger charge is 2.43. The zero-order chi connectivity index (χ0) is 22.9. The summed E-state index contributed by atoms with van der Waals surface area (Å²) in [7, 11) is -1.30. The number of carbonyl (C=O) groups excluding carboxylic acids is 1. The lowest BCUT2D eigenvalue weighted by molar-refractivity contribution is -0.253. The van der Waals surface area contributed by atoms with Crippen molar-refractivity contribution in [2.24, 2.45) is 0 Å². The van der Waals surface area contributed by atoms with Crippen molar-refractivity contribution in [2.75, 3.05) is 19.0 Å². The summed E-state index contributed by atoms with van der Waals surface area (Å²) < 4.78 is 71.9. The number of carbonyl (C=O) groups is 1. The largest absolute Gasteiger partial charge is 0.461 e. The smallest absolute Gasteiger partial charge is 0.428 e. The zero-order valence-corrected chi connectivity index (χ0v) is 17.0. The Bertz CT molecular complexity index is 863. The van der Waals surface area contributed by atoms with Gasteiger partial charge >= 0.3 is 12.5 Å². The molecule has 1 amide bonds. The van der Waals surface area contributed by atoms with Gasteiger partial charge in [-0.05, 0) is 41.8 Å². The van der Waals surface area contributed by atoms with Gasteiger partial charge in [0.1, 0.15) is 5.75 Å². The van der Waals surface area contributed by atoms with E-state index in [2.05, 4.69) is 4.74 Å². The van der Waals surface area contributed by atoms with Crippen molar-refractivity contribution in [3.05, 3.63) is 48.5 Å². The highest BCUT2D eigenvalue weighted by molar-refractivity contribution is 7.85. The molecule has 2 aromatic carbocycles. The highest BCUT2D eigenvalue weighted by atomic mass is 32.2. The van der Waals surface area contributed by atoms with Crippen LogP contribution in [0.15, 0.2) is 53.4 Å². The van der Waals surface area contributed by atoms with E-state index in [1.165, 1.54) is 29.7 Å². The third kappa shape index (κ3) is 7.93. The number of hydroxylamine groups is 1. The minimum atomic E-state index is -4.56. The van der Waals surface area contributed by atoms with Gasteiger partial charge in [0.2, 0.25) is 5.91 Å². The van der Waals surface area contributed by atoms with Crippen molar-refractivity contribution in [1.82, 2.24) is 5.48 Å². The molecule has 0 spiro atoms. The Labute approximate surface area is 178 Å². The number of hydrogen-bond acceptors (Lipinski definition) is 5. The first-order valence-corrected chi connectivity index (χ1v) is 10.5. The fourth-order valence-corrected chi connectivity index (χ4v) is 3.41. The van der Waals surface area contributed by atoms with Crippen molar-refractivity contribution in [2.45, 2.75) is 30.3 Å². The molecule has 1 atom stereocenters. The van der Waals surface area contributed by atoms with Crippen LogP contribution in [0.1, 0.15) is 12.8 Å². The molecule has 0 fully saturated rings. The minimum Gasteiger partial charge on any atom is -0.428 e. The zero-order valence-electron chi connectivity index (χ0n) is 16.2. The molecule has 2 aromatic rings. The van der Waals surface area contributed by atoms with Crippen LogP contribution in [-0.4, -0.2) is 46.8 Å². The number of benzene rings is 2. The van der Waals surface area contributed by atoms with Crippen LogP contribution in [0, 0.1) is 0 Å². The molecule has 0 aliphatic heterocycles. The summed E-state index contributed by atoms with van der Waals surface area (Å²) in [6.07, 6.45) is -7.94. The van der Waals surface area contributed by atoms with E-state index in [1.54, 1.807) is 24.3 Å². The minimum absolute atomic E-state index is 0.128. The quantitative estimate of drug-likeness (QED) is 0.215. The van der Waals surface area contributed by atoms with Gasteiger partial charge in [-0.15, -0.1) is 0 Å². The topological polar surface area (TPSA) is 84.9 Å². The predicted octanol–water partition coefficient (Wildman–Crippen LogP) is 4.00. The number of rotatable bonds is 12. The molecular formula is C20H21F4NO5S. The monoisotopic (exact) mass is 463 g/mol. The molecule has 0 bridgehead atoms. The molecule has 6 nitrogen and oxygen atoms in total. The lowest BCUT2D eigenvalue weighted by Crippen LogP contribution is -2.33. The summed E-state index contributed by atoms with van der Waals surface area (Å²) in [5, 5.41) is 8.36. The first-order chi connectivity index (χ1) is 14.7. The van der Waals surface area contributed by atoms with E-state index >= 15 is 0 Å². The molecular weight excluding hydrogens is 442 g/mol. The van der Waals surface area contributed by atoms with Gasteiger partial charge in [-0.3, -0.25) is 14.2 Å². The highest BCUT2D eigenvalue weighted by Crippen LogP contribution is 2.29. The van der Waals surface area contributed by atoms with Crippen LogP contribution < -0.4 is 10.2 Å². The average Bonchev–Trinajstić information content (AvgIpc) is 2.76. The lowest BCUT2D eigenvalue weighted by Gasteiger charge is -2.16. The summed E-state index contributed by atoms with van der Waals surface area (Å²) in [5.74, 6) is -0.625. The van der Waals surface area contributed by atoms with Crippen LogP contribution in [0.5, 0.6) is 5.75 Å². The number of halogens is 4. The molecule has 0 saturated heterocycles.